The third-order valence-electron chi connectivity index (χ3n) is 2.83. The fourth-order valence-electron chi connectivity index (χ4n) is 1.74. The molecule has 0 bridgehead atoms. The van der Waals surface area contributed by atoms with E-state index in [1.54, 1.807) is 0 Å². The Morgan fingerprint density at radius 1 is 1.17 bits per heavy atom. The Balaban J connectivity index is 2.04. The number of anilines is 1. The fraction of sp³-hybridized carbons (Fsp3) is 0.529. The zero-order valence-corrected chi connectivity index (χ0v) is 15.0. The first-order chi connectivity index (χ1) is 11.5. The summed E-state index contributed by atoms with van der Waals surface area (Å²) in [7, 11) is 0. The van der Waals surface area contributed by atoms with Crippen LogP contribution >= 0.6 is 11.8 Å². The number of carbonyl (C=O) groups is 2. The number of rotatable bonds is 11. The standard InChI is InChI=1S/C17H25FN2O3S/c1-13(2)10-23-9-3-8-19-16(21)11-24-12-17(22)20-15-6-4-14(18)5-7-15/h4-7,13H,3,8-12H2,1-2H3,(H,19,21)(H,20,22). The number of nitrogens with one attached hydrogen (secondary N) is 2. The van der Waals surface area contributed by atoms with E-state index in [0.717, 1.165) is 13.0 Å². The van der Waals surface area contributed by atoms with Crippen LogP contribution in [0.5, 0.6) is 0 Å². The maximum absolute atomic E-state index is 12.8. The molecule has 134 valence electrons. The molecule has 1 aromatic rings. The summed E-state index contributed by atoms with van der Waals surface area (Å²) in [6.07, 6.45) is 0.772. The maximum atomic E-state index is 12.8. The zero-order chi connectivity index (χ0) is 17.8. The monoisotopic (exact) mass is 356 g/mol. The van der Waals surface area contributed by atoms with Crippen LogP contribution in [-0.4, -0.2) is 43.1 Å². The van der Waals surface area contributed by atoms with E-state index >= 15 is 0 Å². The minimum absolute atomic E-state index is 0.0987. The Bertz CT molecular complexity index is 509. The molecule has 0 spiro atoms. The molecule has 1 aromatic carbocycles. The lowest BCUT2D eigenvalue weighted by atomic mass is 10.2. The molecule has 0 atom stereocenters. The van der Waals surface area contributed by atoms with Gasteiger partial charge in [-0.25, -0.2) is 4.39 Å². The summed E-state index contributed by atoms with van der Waals surface area (Å²) >= 11 is 1.23. The summed E-state index contributed by atoms with van der Waals surface area (Å²) in [5.74, 6) is 0.233. The van der Waals surface area contributed by atoms with Gasteiger partial charge >= 0.3 is 0 Å². The average Bonchev–Trinajstić information content (AvgIpc) is 2.52. The highest BCUT2D eigenvalue weighted by Gasteiger charge is 2.06. The fourth-order valence-corrected chi connectivity index (χ4v) is 2.39. The topological polar surface area (TPSA) is 67.4 Å². The van der Waals surface area contributed by atoms with Gasteiger partial charge in [0.25, 0.3) is 0 Å². The van der Waals surface area contributed by atoms with E-state index in [1.165, 1.54) is 36.0 Å². The molecule has 0 aliphatic rings. The normalized spacial score (nSPS) is 10.7. The molecule has 1 rings (SSSR count). The van der Waals surface area contributed by atoms with Crippen molar-refractivity contribution in [3.05, 3.63) is 30.1 Å². The third-order valence-corrected chi connectivity index (χ3v) is 3.77. The van der Waals surface area contributed by atoms with Crippen molar-refractivity contribution in [1.29, 1.82) is 0 Å². The first-order valence-corrected chi connectivity index (χ1v) is 9.10. The number of thioether (sulfide) groups is 1. The largest absolute Gasteiger partial charge is 0.381 e. The van der Waals surface area contributed by atoms with E-state index in [9.17, 15) is 14.0 Å². The van der Waals surface area contributed by atoms with Crippen LogP contribution in [0.15, 0.2) is 24.3 Å². The van der Waals surface area contributed by atoms with Crippen LogP contribution in [0.4, 0.5) is 10.1 Å². The number of amides is 2. The van der Waals surface area contributed by atoms with E-state index in [2.05, 4.69) is 24.5 Å². The van der Waals surface area contributed by atoms with E-state index < -0.39 is 0 Å². The maximum Gasteiger partial charge on any atom is 0.234 e. The summed E-state index contributed by atoms with van der Waals surface area (Å²) in [6.45, 7) is 6.11. The van der Waals surface area contributed by atoms with Gasteiger partial charge in [-0.05, 0) is 36.6 Å². The quantitative estimate of drug-likeness (QED) is 0.598. The first-order valence-electron chi connectivity index (χ1n) is 7.95. The number of benzene rings is 1. The molecule has 5 nitrogen and oxygen atoms in total. The van der Waals surface area contributed by atoms with Gasteiger partial charge in [-0.15, -0.1) is 11.8 Å². The van der Waals surface area contributed by atoms with Crippen molar-refractivity contribution < 1.29 is 18.7 Å². The summed E-state index contributed by atoms with van der Waals surface area (Å²) in [6, 6.07) is 5.54. The molecule has 0 unspecified atom stereocenters. The van der Waals surface area contributed by atoms with Crippen molar-refractivity contribution in [2.75, 3.05) is 36.6 Å². The van der Waals surface area contributed by atoms with Crippen LogP contribution in [0.25, 0.3) is 0 Å². The lowest BCUT2D eigenvalue weighted by molar-refractivity contribution is -0.118. The SMILES string of the molecule is CC(C)COCCCNC(=O)CSCC(=O)Nc1ccc(F)cc1. The Morgan fingerprint density at radius 2 is 1.83 bits per heavy atom. The molecule has 0 radical (unpaired) electrons. The van der Waals surface area contributed by atoms with Crippen LogP contribution in [-0.2, 0) is 14.3 Å². The molecule has 0 aliphatic carbocycles. The number of hydrogen-bond donors (Lipinski definition) is 2. The second-order valence-electron chi connectivity index (χ2n) is 5.72. The van der Waals surface area contributed by atoms with Gasteiger partial charge in [0.1, 0.15) is 5.82 Å². The molecular weight excluding hydrogens is 331 g/mol. The van der Waals surface area contributed by atoms with Crippen LogP contribution in [0.1, 0.15) is 20.3 Å². The lowest BCUT2D eigenvalue weighted by Gasteiger charge is -2.08. The second-order valence-corrected chi connectivity index (χ2v) is 6.71. The molecule has 7 heteroatoms. The highest BCUT2D eigenvalue weighted by atomic mass is 32.2. The zero-order valence-electron chi connectivity index (χ0n) is 14.1. The van der Waals surface area contributed by atoms with Crippen LogP contribution in [0, 0.1) is 11.7 Å². The van der Waals surface area contributed by atoms with Crippen molar-refractivity contribution in [2.24, 2.45) is 5.92 Å². The molecule has 0 saturated carbocycles. The highest BCUT2D eigenvalue weighted by molar-refractivity contribution is 8.00. The summed E-state index contributed by atoms with van der Waals surface area (Å²) in [4.78, 5) is 23.3. The van der Waals surface area contributed by atoms with Crippen molar-refractivity contribution in [2.45, 2.75) is 20.3 Å². The summed E-state index contributed by atoms with van der Waals surface area (Å²) in [5, 5.41) is 5.43. The summed E-state index contributed by atoms with van der Waals surface area (Å²) in [5.41, 5.74) is 0.535. The predicted octanol–water partition coefficient (Wildman–Crippen LogP) is 2.68. The summed E-state index contributed by atoms with van der Waals surface area (Å²) < 4.78 is 18.2. The Morgan fingerprint density at radius 3 is 2.50 bits per heavy atom. The molecule has 0 fully saturated rings. The molecular formula is C17H25FN2O3S. The lowest BCUT2D eigenvalue weighted by Crippen LogP contribution is -2.27. The molecule has 0 heterocycles. The number of hydrogen-bond acceptors (Lipinski definition) is 4. The van der Waals surface area contributed by atoms with Crippen molar-refractivity contribution in [3.8, 4) is 0 Å². The Kier molecular flexibility index (Phi) is 10.1. The van der Waals surface area contributed by atoms with Gasteiger partial charge in [-0.3, -0.25) is 9.59 Å². The van der Waals surface area contributed by atoms with Gasteiger partial charge in [0.15, 0.2) is 0 Å². The van der Waals surface area contributed by atoms with E-state index in [0.29, 0.717) is 24.8 Å². The average molecular weight is 356 g/mol. The van der Waals surface area contributed by atoms with Gasteiger partial charge in [0.2, 0.25) is 11.8 Å². The van der Waals surface area contributed by atoms with Crippen LogP contribution in [0.3, 0.4) is 0 Å². The molecule has 2 amide bonds. The van der Waals surface area contributed by atoms with Gasteiger partial charge in [0.05, 0.1) is 11.5 Å². The van der Waals surface area contributed by atoms with E-state index in [-0.39, 0.29) is 29.1 Å². The molecule has 0 aromatic heterocycles. The van der Waals surface area contributed by atoms with Gasteiger partial charge in [-0.2, -0.15) is 0 Å². The first kappa shape index (κ1) is 20.4. The second kappa shape index (κ2) is 11.9. The molecule has 0 saturated heterocycles. The number of halogens is 1. The van der Waals surface area contributed by atoms with Gasteiger partial charge in [0, 0.05) is 25.4 Å². The Hall–Kier alpha value is -1.60. The minimum atomic E-state index is -0.353. The molecule has 0 aliphatic heterocycles. The number of carbonyl (C=O) groups excluding carboxylic acids is 2. The van der Waals surface area contributed by atoms with Crippen LogP contribution < -0.4 is 10.6 Å². The minimum Gasteiger partial charge on any atom is -0.381 e. The van der Waals surface area contributed by atoms with Gasteiger partial charge < -0.3 is 15.4 Å². The number of ether oxygens (including phenoxy) is 1. The molecule has 2 N–H and O–H groups in total. The predicted molar refractivity (Wildman–Crippen MR) is 95.6 cm³/mol. The third kappa shape index (κ3) is 10.2. The molecule has 24 heavy (non-hydrogen) atoms. The van der Waals surface area contributed by atoms with Gasteiger partial charge in [-0.1, -0.05) is 13.8 Å². The van der Waals surface area contributed by atoms with Crippen molar-refractivity contribution >= 4 is 29.3 Å². The van der Waals surface area contributed by atoms with Crippen molar-refractivity contribution in [3.63, 3.8) is 0 Å². The van der Waals surface area contributed by atoms with E-state index in [1.807, 2.05) is 0 Å². The Labute approximate surface area is 146 Å². The smallest absolute Gasteiger partial charge is 0.234 e. The van der Waals surface area contributed by atoms with Crippen molar-refractivity contribution in [1.82, 2.24) is 5.32 Å². The van der Waals surface area contributed by atoms with E-state index in [4.69, 9.17) is 4.74 Å². The van der Waals surface area contributed by atoms with Crippen LogP contribution in [0.2, 0.25) is 0 Å². The highest BCUT2D eigenvalue weighted by Crippen LogP contribution is 2.09.